The minimum atomic E-state index is -1.06. The van der Waals surface area contributed by atoms with E-state index in [1.54, 1.807) is 18.2 Å². The summed E-state index contributed by atoms with van der Waals surface area (Å²) in [5.74, 6) is -1.50. The van der Waals surface area contributed by atoms with Crippen molar-refractivity contribution in [2.24, 2.45) is 0 Å². The highest BCUT2D eigenvalue weighted by atomic mass is 32.1. The summed E-state index contributed by atoms with van der Waals surface area (Å²) in [6, 6.07) is 6.13. The number of aromatic nitrogens is 1. The van der Waals surface area contributed by atoms with Crippen molar-refractivity contribution in [3.8, 4) is 5.75 Å². The fourth-order valence-corrected chi connectivity index (χ4v) is 2.84. The third kappa shape index (κ3) is 3.96. The van der Waals surface area contributed by atoms with E-state index in [4.69, 9.17) is 13.9 Å². The van der Waals surface area contributed by atoms with Gasteiger partial charge < -0.3 is 13.9 Å². The Morgan fingerprint density at radius 2 is 2.18 bits per heavy atom. The minimum Gasteiger partial charge on any atom is -0.493 e. The van der Waals surface area contributed by atoms with Crippen LogP contribution >= 0.6 is 11.3 Å². The molecule has 1 aromatic carbocycles. The van der Waals surface area contributed by atoms with Crippen molar-refractivity contribution in [1.29, 1.82) is 0 Å². The number of carbonyl (C=O) groups excluding carboxylic acids is 2. The van der Waals surface area contributed by atoms with E-state index in [0.29, 0.717) is 22.5 Å². The summed E-state index contributed by atoms with van der Waals surface area (Å²) in [5, 5.41) is 13.0. The van der Waals surface area contributed by atoms with Crippen LogP contribution in [-0.2, 0) is 9.53 Å². The smallest absolute Gasteiger partial charge is 0.351 e. The Kier molecular flexibility index (Phi) is 5.31. The number of para-hydroxylation sites is 1. The molecule has 11 nitrogen and oxygen atoms in total. The Balaban J connectivity index is 1.69. The number of benzene rings is 1. The molecule has 2 aromatic heterocycles. The van der Waals surface area contributed by atoms with E-state index in [0.717, 1.165) is 6.20 Å². The van der Waals surface area contributed by atoms with Crippen molar-refractivity contribution in [2.75, 3.05) is 19.0 Å². The molecule has 0 atom stereocenters. The monoisotopic (exact) mass is 405 g/mol. The molecule has 0 radical (unpaired) electrons. The van der Waals surface area contributed by atoms with Gasteiger partial charge >= 0.3 is 16.6 Å². The number of hydrogen-bond acceptors (Lipinski definition) is 10. The van der Waals surface area contributed by atoms with Crippen LogP contribution in [-0.4, -0.2) is 35.5 Å². The number of rotatable bonds is 6. The van der Waals surface area contributed by atoms with Crippen LogP contribution < -0.4 is 15.7 Å². The van der Waals surface area contributed by atoms with Gasteiger partial charge in [0.05, 0.1) is 12.0 Å². The van der Waals surface area contributed by atoms with Gasteiger partial charge in [0.15, 0.2) is 23.1 Å². The van der Waals surface area contributed by atoms with Crippen LogP contribution in [0.2, 0.25) is 0 Å². The van der Waals surface area contributed by atoms with Crippen LogP contribution in [0.3, 0.4) is 0 Å². The molecular formula is C16H11N3O8S. The van der Waals surface area contributed by atoms with Crippen LogP contribution in [0, 0.1) is 10.1 Å². The van der Waals surface area contributed by atoms with E-state index in [9.17, 15) is 24.5 Å². The molecule has 3 rings (SSSR count). The molecular weight excluding hydrogens is 394 g/mol. The maximum absolute atomic E-state index is 12.1. The van der Waals surface area contributed by atoms with E-state index in [1.807, 2.05) is 0 Å². The van der Waals surface area contributed by atoms with Gasteiger partial charge in [0.2, 0.25) is 0 Å². The van der Waals surface area contributed by atoms with Gasteiger partial charge in [0.1, 0.15) is 11.8 Å². The minimum absolute atomic E-state index is 0.0231. The number of ether oxygens (including phenoxy) is 2. The first-order chi connectivity index (χ1) is 13.4. The zero-order valence-electron chi connectivity index (χ0n) is 14.2. The average molecular weight is 405 g/mol. The molecule has 0 bridgehead atoms. The fourth-order valence-electron chi connectivity index (χ4n) is 2.19. The van der Waals surface area contributed by atoms with Gasteiger partial charge in [-0.25, -0.2) is 14.6 Å². The summed E-state index contributed by atoms with van der Waals surface area (Å²) in [7, 11) is 1.41. The molecule has 12 heteroatoms. The van der Waals surface area contributed by atoms with Gasteiger partial charge in [0.25, 0.3) is 5.91 Å². The van der Waals surface area contributed by atoms with Crippen LogP contribution in [0.25, 0.3) is 11.0 Å². The zero-order valence-corrected chi connectivity index (χ0v) is 15.0. The Morgan fingerprint density at radius 3 is 2.86 bits per heavy atom. The van der Waals surface area contributed by atoms with Gasteiger partial charge in [-0.3, -0.25) is 20.2 Å². The molecule has 1 amide bonds. The topological polar surface area (TPSA) is 151 Å². The summed E-state index contributed by atoms with van der Waals surface area (Å²) < 4.78 is 15.0. The van der Waals surface area contributed by atoms with Gasteiger partial charge in [0, 0.05) is 5.39 Å². The molecule has 0 saturated carbocycles. The Hall–Kier alpha value is -3.80. The van der Waals surface area contributed by atoms with Gasteiger partial charge in [-0.1, -0.05) is 12.1 Å². The van der Waals surface area contributed by atoms with E-state index >= 15 is 0 Å². The van der Waals surface area contributed by atoms with Gasteiger partial charge in [-0.05, 0) is 23.5 Å². The van der Waals surface area contributed by atoms with Crippen molar-refractivity contribution in [2.45, 2.75) is 0 Å². The zero-order chi connectivity index (χ0) is 20.3. The number of nitrogens with zero attached hydrogens (tertiary/aromatic N) is 2. The maximum Gasteiger partial charge on any atom is 0.351 e. The van der Waals surface area contributed by atoms with Crippen molar-refractivity contribution in [1.82, 2.24) is 4.98 Å². The second kappa shape index (κ2) is 7.84. The van der Waals surface area contributed by atoms with E-state index in [1.165, 1.54) is 13.2 Å². The maximum atomic E-state index is 12.1. The number of anilines is 1. The highest BCUT2D eigenvalue weighted by molar-refractivity contribution is 7.18. The van der Waals surface area contributed by atoms with E-state index in [-0.39, 0.29) is 15.7 Å². The normalized spacial score (nSPS) is 10.5. The van der Waals surface area contributed by atoms with Crippen molar-refractivity contribution < 1.29 is 28.4 Å². The third-order valence-electron chi connectivity index (χ3n) is 3.42. The molecule has 144 valence electrons. The Labute approximate surface area is 159 Å². The predicted molar refractivity (Wildman–Crippen MR) is 96.7 cm³/mol. The number of nitro groups is 1. The van der Waals surface area contributed by atoms with Crippen LogP contribution in [0.4, 0.5) is 10.1 Å². The van der Waals surface area contributed by atoms with Gasteiger partial charge in [-0.15, -0.1) is 0 Å². The van der Waals surface area contributed by atoms with Crippen LogP contribution in [0.1, 0.15) is 10.4 Å². The molecule has 1 N–H and O–H groups in total. The third-order valence-corrected chi connectivity index (χ3v) is 4.28. The lowest BCUT2D eigenvalue weighted by Gasteiger charge is -2.06. The quantitative estimate of drug-likeness (QED) is 0.281. The molecule has 3 aromatic rings. The summed E-state index contributed by atoms with van der Waals surface area (Å²) in [4.78, 5) is 49.6. The first-order valence-electron chi connectivity index (χ1n) is 7.57. The largest absolute Gasteiger partial charge is 0.493 e. The number of esters is 1. The number of carbonyl (C=O) groups is 2. The van der Waals surface area contributed by atoms with Crippen LogP contribution in [0.5, 0.6) is 5.75 Å². The lowest BCUT2D eigenvalue weighted by Crippen LogP contribution is -2.23. The number of amides is 1. The number of hydrogen-bond donors (Lipinski definition) is 1. The molecule has 0 spiro atoms. The van der Waals surface area contributed by atoms with Crippen molar-refractivity contribution in [3.05, 3.63) is 56.6 Å². The summed E-state index contributed by atoms with van der Waals surface area (Å²) in [5.41, 5.74) is -1.16. The molecule has 0 aliphatic rings. The van der Waals surface area contributed by atoms with Crippen molar-refractivity contribution in [3.63, 3.8) is 0 Å². The number of nitrogens with one attached hydrogen (secondary N) is 1. The Morgan fingerprint density at radius 1 is 1.39 bits per heavy atom. The van der Waals surface area contributed by atoms with Gasteiger partial charge in [-0.2, -0.15) is 0 Å². The molecule has 0 fully saturated rings. The van der Waals surface area contributed by atoms with Crippen LogP contribution in [0.15, 0.2) is 39.7 Å². The second-order valence-electron chi connectivity index (χ2n) is 5.21. The lowest BCUT2D eigenvalue weighted by atomic mass is 10.2. The number of thiazole rings is 1. The molecule has 0 aliphatic carbocycles. The molecule has 28 heavy (non-hydrogen) atoms. The molecule has 0 saturated heterocycles. The number of methoxy groups -OCH3 is 1. The Bertz CT molecular complexity index is 1140. The highest BCUT2D eigenvalue weighted by Gasteiger charge is 2.19. The predicted octanol–water partition coefficient (Wildman–Crippen LogP) is 1.96. The standard InChI is InChI=1S/C16H11N3O8S/c1-25-10-4-2-3-8-5-9(15(22)27-13(8)10)14(21)26-7-11(20)18-16-17-6-12(28-16)19(23)24/h2-6H,7H2,1H3,(H,17,18,20). The molecule has 0 aliphatic heterocycles. The average Bonchev–Trinajstić information content (AvgIpc) is 3.14. The number of fused-ring (bicyclic) bond motifs is 1. The van der Waals surface area contributed by atoms with Crippen molar-refractivity contribution >= 4 is 44.3 Å². The highest BCUT2D eigenvalue weighted by Crippen LogP contribution is 2.25. The second-order valence-corrected chi connectivity index (χ2v) is 6.22. The lowest BCUT2D eigenvalue weighted by molar-refractivity contribution is -0.380. The van der Waals surface area contributed by atoms with E-state index in [2.05, 4.69) is 10.3 Å². The summed E-state index contributed by atoms with van der Waals surface area (Å²) >= 11 is 0.648. The molecule has 0 unspecified atom stereocenters. The molecule has 2 heterocycles. The first-order valence-corrected chi connectivity index (χ1v) is 8.38. The van der Waals surface area contributed by atoms with E-state index < -0.39 is 34.6 Å². The first kappa shape index (κ1) is 19.0. The summed E-state index contributed by atoms with van der Waals surface area (Å²) in [6.07, 6.45) is 0.987. The SMILES string of the molecule is COc1cccc2cc(C(=O)OCC(=O)Nc3ncc([N+](=O)[O-])s3)c(=O)oc12. The summed E-state index contributed by atoms with van der Waals surface area (Å²) in [6.45, 7) is -0.720. The fraction of sp³-hybridized carbons (Fsp3) is 0.125.